The molecule has 2 heterocycles. The van der Waals surface area contributed by atoms with E-state index in [0.717, 1.165) is 5.52 Å². The Kier molecular flexibility index (Phi) is 24.5. The molecule has 406 valence electrons. The zero-order valence-electron chi connectivity index (χ0n) is 42.3. The molecule has 0 radical (unpaired) electrons. The number of hydrogen-bond acceptors (Lipinski definition) is 14. The third-order valence-corrected chi connectivity index (χ3v) is 12.1. The molecule has 26 nitrogen and oxygen atoms in total. The van der Waals surface area contributed by atoms with E-state index in [0.29, 0.717) is 22.4 Å². The number of rotatable bonds is 32. The van der Waals surface area contributed by atoms with Crippen LogP contribution in [0.3, 0.4) is 0 Å². The summed E-state index contributed by atoms with van der Waals surface area (Å²) in [5, 5.41) is 21.2. The smallest absolute Gasteiger partial charge is 0.243 e. The minimum atomic E-state index is -1.46. The second-order valence-electron chi connectivity index (χ2n) is 18.5. The second-order valence-corrected chi connectivity index (χ2v) is 19.5. The van der Waals surface area contributed by atoms with Crippen molar-refractivity contribution in [1.82, 2.24) is 57.5 Å². The highest BCUT2D eigenvalue weighted by Gasteiger charge is 2.34. The molecular formula is C47H71N15O11S. The number of aromatic amines is 2. The normalized spacial score (nSPS) is 14.4. The van der Waals surface area contributed by atoms with E-state index in [-0.39, 0.29) is 44.4 Å². The van der Waals surface area contributed by atoms with E-state index in [9.17, 15) is 52.7 Å². The average molecular weight is 1050 g/mol. The van der Waals surface area contributed by atoms with Crippen molar-refractivity contribution in [2.45, 2.75) is 128 Å². The first kappa shape index (κ1) is 60.8. The summed E-state index contributed by atoms with van der Waals surface area (Å²) in [6.45, 7) is 7.59. The molecule has 2 aromatic heterocycles. The molecule has 0 bridgehead atoms. The van der Waals surface area contributed by atoms with Gasteiger partial charge in [0, 0.05) is 48.3 Å². The van der Waals surface area contributed by atoms with Crippen molar-refractivity contribution in [1.29, 1.82) is 0 Å². The number of nitrogens with zero attached hydrogens (tertiary/aromatic N) is 1. The fraction of sp³-hybridized carbons (Fsp3) is 0.532. The van der Waals surface area contributed by atoms with Crippen LogP contribution in [0.2, 0.25) is 0 Å². The summed E-state index contributed by atoms with van der Waals surface area (Å²) >= 11 is 1.46. The van der Waals surface area contributed by atoms with E-state index in [2.05, 4.69) is 57.5 Å². The number of amides is 11. The Hall–Kier alpha value is -7.55. The highest BCUT2D eigenvalue weighted by atomic mass is 32.2. The zero-order valence-corrected chi connectivity index (χ0v) is 43.2. The van der Waals surface area contributed by atoms with Crippen molar-refractivity contribution in [2.24, 2.45) is 34.8 Å². The predicted octanol–water partition coefficient (Wildman–Crippen LogP) is -3.39. The molecule has 0 aliphatic carbocycles. The maximum absolute atomic E-state index is 14.1. The number of carbonyl (C=O) groups excluding carboxylic acids is 11. The standard InChI is InChI=1S/C47H71N15O11S/c1-23(2)15-33(45(71)58-31(40(51)66)13-14-74-6)60-46(72)35(17-27-20-52-22-55-27)57-38(65)21-54-47(73)39(24(3)4)62-41(67)25(5)56-44(70)34(16-26-19-53-30-10-8-7-9-28(26)30)61-43(69)32(11-12-36(49)63)59-42(68)29(48)18-37(50)64/h7-10,19-20,22-25,29,31-35,39,53H,11-18,21,48H2,1-6H3,(H2,49,63)(H2,50,64)(H2,51,66)(H,52,55)(H,54,73)(H,56,70)(H,57,65)(H,58,71)(H,59,68)(H,60,72)(H,61,69)(H,62,67)/t25-,29?,31-,32-,33-,34-,35-,39-/m0/s1. The molecule has 0 spiro atoms. The van der Waals surface area contributed by atoms with Crippen LogP contribution in [0.5, 0.6) is 0 Å². The van der Waals surface area contributed by atoms with E-state index in [4.69, 9.17) is 22.9 Å². The molecule has 3 aromatic rings. The number of nitrogens with two attached hydrogens (primary N) is 4. The van der Waals surface area contributed by atoms with Gasteiger partial charge in [0.15, 0.2) is 0 Å². The van der Waals surface area contributed by atoms with Gasteiger partial charge in [0.2, 0.25) is 65.0 Å². The van der Waals surface area contributed by atoms with Gasteiger partial charge in [-0.15, -0.1) is 0 Å². The minimum Gasteiger partial charge on any atom is -0.370 e. The topological polar surface area (TPSA) is 433 Å². The van der Waals surface area contributed by atoms with Gasteiger partial charge in [-0.25, -0.2) is 4.98 Å². The lowest BCUT2D eigenvalue weighted by molar-refractivity contribution is -0.135. The molecule has 11 amide bonds. The Labute approximate surface area is 432 Å². The van der Waals surface area contributed by atoms with Crippen molar-refractivity contribution in [3.63, 3.8) is 0 Å². The van der Waals surface area contributed by atoms with Gasteiger partial charge in [-0.3, -0.25) is 52.7 Å². The molecule has 27 heteroatoms. The number of nitrogens with one attached hydrogen (secondary N) is 10. The fourth-order valence-corrected chi connectivity index (χ4v) is 7.93. The summed E-state index contributed by atoms with van der Waals surface area (Å²) in [4.78, 5) is 154. The summed E-state index contributed by atoms with van der Waals surface area (Å²) in [6, 6.07) is -3.14. The van der Waals surface area contributed by atoms with Crippen molar-refractivity contribution in [2.75, 3.05) is 18.6 Å². The van der Waals surface area contributed by atoms with Crippen LogP contribution < -0.4 is 65.5 Å². The monoisotopic (exact) mass is 1050 g/mol. The summed E-state index contributed by atoms with van der Waals surface area (Å²) < 4.78 is 0. The summed E-state index contributed by atoms with van der Waals surface area (Å²) in [5.41, 5.74) is 23.6. The van der Waals surface area contributed by atoms with Gasteiger partial charge in [-0.1, -0.05) is 45.9 Å². The molecule has 8 atom stereocenters. The molecule has 0 aliphatic heterocycles. The number of carbonyl (C=O) groups is 11. The van der Waals surface area contributed by atoms with Gasteiger partial charge in [0.1, 0.15) is 42.3 Å². The summed E-state index contributed by atoms with van der Waals surface area (Å²) in [5.74, 6) is -9.06. The number of aromatic nitrogens is 3. The van der Waals surface area contributed by atoms with Gasteiger partial charge in [-0.05, 0) is 61.7 Å². The van der Waals surface area contributed by atoms with Gasteiger partial charge >= 0.3 is 0 Å². The molecule has 74 heavy (non-hydrogen) atoms. The van der Waals surface area contributed by atoms with Gasteiger partial charge in [0.05, 0.1) is 25.3 Å². The number of fused-ring (bicyclic) bond motifs is 1. The highest BCUT2D eigenvalue weighted by molar-refractivity contribution is 7.98. The third-order valence-electron chi connectivity index (χ3n) is 11.5. The molecule has 1 aromatic carbocycles. The Morgan fingerprint density at radius 2 is 1.26 bits per heavy atom. The van der Waals surface area contributed by atoms with Crippen LogP contribution in [0.4, 0.5) is 0 Å². The van der Waals surface area contributed by atoms with Crippen LogP contribution in [0, 0.1) is 11.8 Å². The molecule has 18 N–H and O–H groups in total. The average Bonchev–Trinajstić information content (AvgIpc) is 4.01. The SMILES string of the molecule is CSCC[C@H](NC(=O)[C@H](CC(C)C)NC(=O)[C@H](Cc1cnc[nH]1)NC(=O)CNC(=O)[C@@H](NC(=O)[C@H](C)NC(=O)[C@H](Cc1c[nH]c2ccccc12)NC(=O)[C@H](CCC(N)=O)NC(=O)C(N)CC(N)=O)C(C)C)C(N)=O. The Morgan fingerprint density at radius 3 is 1.86 bits per heavy atom. The van der Waals surface area contributed by atoms with Crippen molar-refractivity contribution >= 4 is 87.6 Å². The predicted molar refractivity (Wildman–Crippen MR) is 273 cm³/mol. The number of hydrogen-bond donors (Lipinski definition) is 14. The van der Waals surface area contributed by atoms with Crippen molar-refractivity contribution in [3.05, 3.63) is 54.2 Å². The van der Waals surface area contributed by atoms with E-state index in [1.807, 2.05) is 20.1 Å². The van der Waals surface area contributed by atoms with E-state index >= 15 is 0 Å². The van der Waals surface area contributed by atoms with Crippen LogP contribution in [-0.2, 0) is 65.6 Å². The maximum atomic E-state index is 14.1. The van der Waals surface area contributed by atoms with Crippen LogP contribution in [0.15, 0.2) is 43.0 Å². The Bertz CT molecular complexity index is 2450. The Balaban J connectivity index is 1.75. The molecular weight excluding hydrogens is 983 g/mol. The van der Waals surface area contributed by atoms with Gasteiger partial charge < -0.3 is 75.4 Å². The maximum Gasteiger partial charge on any atom is 0.243 e. The zero-order chi connectivity index (χ0) is 55.2. The van der Waals surface area contributed by atoms with Crippen LogP contribution >= 0.6 is 11.8 Å². The number of thioether (sulfide) groups is 1. The fourth-order valence-electron chi connectivity index (χ4n) is 7.46. The summed E-state index contributed by atoms with van der Waals surface area (Å²) in [6.07, 6.45) is 5.28. The van der Waals surface area contributed by atoms with E-state index < -0.39 is 132 Å². The van der Waals surface area contributed by atoms with Gasteiger partial charge in [0.25, 0.3) is 0 Å². The number of imidazole rings is 1. The quantitative estimate of drug-likeness (QED) is 0.0290. The highest BCUT2D eigenvalue weighted by Crippen LogP contribution is 2.20. The lowest BCUT2D eigenvalue weighted by atomic mass is 10.0. The lowest BCUT2D eigenvalue weighted by Gasteiger charge is -2.27. The molecule has 0 saturated heterocycles. The summed E-state index contributed by atoms with van der Waals surface area (Å²) in [7, 11) is 0. The Morgan fingerprint density at radius 1 is 0.649 bits per heavy atom. The van der Waals surface area contributed by atoms with Crippen LogP contribution in [0.25, 0.3) is 10.9 Å². The minimum absolute atomic E-state index is 0.0837. The molecule has 0 saturated carbocycles. The van der Waals surface area contributed by atoms with E-state index in [1.54, 1.807) is 44.3 Å². The van der Waals surface area contributed by atoms with E-state index in [1.165, 1.54) is 31.2 Å². The molecule has 3 rings (SSSR count). The number of para-hydroxylation sites is 1. The third kappa shape index (κ3) is 20.2. The first-order chi connectivity index (χ1) is 34.9. The van der Waals surface area contributed by atoms with Crippen molar-refractivity contribution < 1.29 is 52.7 Å². The number of benzene rings is 1. The van der Waals surface area contributed by atoms with Crippen LogP contribution in [0.1, 0.15) is 78.0 Å². The number of H-pyrrole nitrogens is 2. The lowest BCUT2D eigenvalue weighted by Crippen LogP contribution is -2.59. The van der Waals surface area contributed by atoms with Crippen LogP contribution in [-0.4, -0.2) is 147 Å². The first-order valence-corrected chi connectivity index (χ1v) is 25.3. The molecule has 0 fully saturated rings. The largest absolute Gasteiger partial charge is 0.370 e. The first-order valence-electron chi connectivity index (χ1n) is 23.9. The second kappa shape index (κ2) is 29.8. The number of primary amides is 3. The molecule has 0 aliphatic rings. The van der Waals surface area contributed by atoms with Gasteiger partial charge in [-0.2, -0.15) is 11.8 Å². The van der Waals surface area contributed by atoms with Crippen molar-refractivity contribution in [3.8, 4) is 0 Å². The molecule has 1 unspecified atom stereocenters.